The molecule has 0 amide bonds. The van der Waals surface area contributed by atoms with Crippen LogP contribution in [0.1, 0.15) is 18.4 Å². The van der Waals surface area contributed by atoms with E-state index in [0.717, 1.165) is 31.5 Å². The molecule has 1 aliphatic heterocycles. The van der Waals surface area contributed by atoms with E-state index in [1.807, 2.05) is 35.2 Å². The number of aromatic amines is 1. The van der Waals surface area contributed by atoms with Crippen LogP contribution >= 0.6 is 0 Å². The topological polar surface area (TPSA) is 67.3 Å². The second kappa shape index (κ2) is 6.67. The Balaban J connectivity index is 1.73. The molecule has 1 aromatic heterocycles. The Morgan fingerprint density at radius 2 is 1.81 bits per heavy atom. The van der Waals surface area contributed by atoms with Gasteiger partial charge < -0.3 is 14.7 Å². The van der Waals surface area contributed by atoms with Gasteiger partial charge in [-0.2, -0.15) is 0 Å². The highest BCUT2D eigenvalue weighted by molar-refractivity contribution is 5.81. The van der Waals surface area contributed by atoms with Gasteiger partial charge in [-0.25, -0.2) is 9.18 Å². The minimum Gasteiger partial charge on any atom is -0.401 e. The summed E-state index contributed by atoms with van der Waals surface area (Å²) in [5, 5.41) is 0.0816. The molecule has 0 spiro atoms. The van der Waals surface area contributed by atoms with Crippen molar-refractivity contribution in [3.8, 4) is 0 Å². The summed E-state index contributed by atoms with van der Waals surface area (Å²) in [5.41, 5.74) is 0.175. The minimum absolute atomic E-state index is 0.0592. The van der Waals surface area contributed by atoms with Crippen LogP contribution in [0, 0.1) is 5.82 Å². The van der Waals surface area contributed by atoms with Crippen LogP contribution in [-0.4, -0.2) is 22.8 Å². The van der Waals surface area contributed by atoms with Gasteiger partial charge in [0.1, 0.15) is 12.4 Å². The van der Waals surface area contributed by atoms with E-state index < -0.39 is 17.1 Å². The molecule has 2 heterocycles. The predicted molar refractivity (Wildman–Crippen MR) is 97.0 cm³/mol. The first-order valence-corrected chi connectivity index (χ1v) is 8.54. The van der Waals surface area contributed by atoms with E-state index in [2.05, 4.69) is 4.98 Å². The van der Waals surface area contributed by atoms with Gasteiger partial charge in [0.15, 0.2) is 0 Å². The van der Waals surface area contributed by atoms with E-state index in [-0.39, 0.29) is 12.0 Å². The van der Waals surface area contributed by atoms with Gasteiger partial charge in [0.25, 0.3) is 5.56 Å². The highest BCUT2D eigenvalue weighted by Crippen LogP contribution is 2.26. The molecule has 1 N–H and O–H groups in total. The molecular weight excluding hydrogens is 337 g/mol. The first-order valence-electron chi connectivity index (χ1n) is 8.54. The number of fused-ring (bicyclic) bond motifs is 1. The monoisotopic (exact) mass is 355 g/mol. The molecule has 3 aromatic rings. The zero-order valence-electron chi connectivity index (χ0n) is 14.1. The molecule has 1 aliphatic rings. The molecule has 0 radical (unpaired) electrons. The highest BCUT2D eigenvalue weighted by Gasteiger charge is 2.19. The SMILES string of the molecule is O=c1[nH]c2cc(N3CCCC3)c(F)cc2c(=O)n1OCc1ccccc1. The molecule has 1 saturated heterocycles. The summed E-state index contributed by atoms with van der Waals surface area (Å²) < 4.78 is 15.2. The van der Waals surface area contributed by atoms with E-state index in [9.17, 15) is 14.0 Å². The van der Waals surface area contributed by atoms with Gasteiger partial charge in [0.05, 0.1) is 16.6 Å². The summed E-state index contributed by atoms with van der Waals surface area (Å²) >= 11 is 0. The summed E-state index contributed by atoms with van der Waals surface area (Å²) in [5.74, 6) is -0.474. The molecule has 0 saturated carbocycles. The summed E-state index contributed by atoms with van der Waals surface area (Å²) in [4.78, 5) is 34.8. The zero-order valence-corrected chi connectivity index (χ0v) is 14.1. The van der Waals surface area contributed by atoms with E-state index in [1.165, 1.54) is 12.1 Å². The minimum atomic E-state index is -0.683. The lowest BCUT2D eigenvalue weighted by atomic mass is 10.2. The molecular formula is C19H18FN3O3. The Morgan fingerprint density at radius 1 is 1.08 bits per heavy atom. The summed E-state index contributed by atoms with van der Waals surface area (Å²) in [6.45, 7) is 1.59. The zero-order chi connectivity index (χ0) is 18.1. The smallest absolute Gasteiger partial charge is 0.362 e. The van der Waals surface area contributed by atoms with E-state index in [1.54, 1.807) is 0 Å². The summed E-state index contributed by atoms with van der Waals surface area (Å²) in [6.07, 6.45) is 2.01. The van der Waals surface area contributed by atoms with Crippen molar-refractivity contribution >= 4 is 16.6 Å². The van der Waals surface area contributed by atoms with Crippen molar-refractivity contribution in [2.24, 2.45) is 0 Å². The van der Waals surface area contributed by atoms with Crippen LogP contribution in [0.2, 0.25) is 0 Å². The van der Waals surface area contributed by atoms with Crippen LogP contribution < -0.4 is 21.0 Å². The first kappa shape index (κ1) is 16.4. The molecule has 0 bridgehead atoms. The van der Waals surface area contributed by atoms with Crippen LogP contribution in [0.25, 0.3) is 10.9 Å². The Labute approximate surface area is 148 Å². The summed E-state index contributed by atoms with van der Waals surface area (Å²) in [7, 11) is 0. The first-order chi connectivity index (χ1) is 12.6. The van der Waals surface area contributed by atoms with Crippen molar-refractivity contribution in [2.45, 2.75) is 19.4 Å². The van der Waals surface area contributed by atoms with Gasteiger partial charge in [-0.05, 0) is 30.5 Å². The van der Waals surface area contributed by atoms with Crippen molar-refractivity contribution in [3.63, 3.8) is 0 Å². The van der Waals surface area contributed by atoms with E-state index in [4.69, 9.17) is 4.84 Å². The maximum Gasteiger partial charge on any atom is 0.362 e. The van der Waals surface area contributed by atoms with Crippen molar-refractivity contribution in [2.75, 3.05) is 18.0 Å². The van der Waals surface area contributed by atoms with Gasteiger partial charge >= 0.3 is 5.69 Å². The second-order valence-electron chi connectivity index (χ2n) is 6.33. The molecule has 0 aliphatic carbocycles. The van der Waals surface area contributed by atoms with Gasteiger partial charge in [0.2, 0.25) is 0 Å². The number of hydrogen-bond acceptors (Lipinski definition) is 4. The average molecular weight is 355 g/mol. The van der Waals surface area contributed by atoms with Crippen LogP contribution in [-0.2, 0) is 6.61 Å². The fourth-order valence-corrected chi connectivity index (χ4v) is 3.24. The van der Waals surface area contributed by atoms with Crippen LogP contribution in [0.5, 0.6) is 0 Å². The molecule has 6 nitrogen and oxygen atoms in total. The molecule has 2 aromatic carbocycles. The van der Waals surface area contributed by atoms with Crippen molar-refractivity contribution in [1.82, 2.24) is 9.71 Å². The third-order valence-electron chi connectivity index (χ3n) is 4.58. The van der Waals surface area contributed by atoms with Gasteiger partial charge in [-0.15, -0.1) is 0 Å². The third kappa shape index (κ3) is 2.96. The molecule has 1 fully saturated rings. The number of halogens is 1. The largest absolute Gasteiger partial charge is 0.401 e. The number of aromatic nitrogens is 2. The van der Waals surface area contributed by atoms with E-state index in [0.29, 0.717) is 15.9 Å². The van der Waals surface area contributed by atoms with Crippen LogP contribution in [0.4, 0.5) is 10.1 Å². The fraction of sp³-hybridized carbons (Fsp3) is 0.263. The Bertz CT molecular complexity index is 1050. The third-order valence-corrected chi connectivity index (χ3v) is 4.58. The lowest BCUT2D eigenvalue weighted by Crippen LogP contribution is -2.39. The van der Waals surface area contributed by atoms with Crippen molar-refractivity contribution < 1.29 is 9.23 Å². The number of nitrogens with zero attached hydrogens (tertiary/aromatic N) is 2. The Hall–Kier alpha value is -3.09. The lowest BCUT2D eigenvalue weighted by molar-refractivity contribution is 0.0805. The molecule has 0 atom stereocenters. The molecule has 0 unspecified atom stereocenters. The lowest BCUT2D eigenvalue weighted by Gasteiger charge is -2.19. The highest BCUT2D eigenvalue weighted by atomic mass is 19.1. The number of nitrogens with one attached hydrogen (secondary N) is 1. The van der Waals surface area contributed by atoms with Crippen molar-refractivity contribution in [1.29, 1.82) is 0 Å². The number of benzene rings is 2. The second-order valence-corrected chi connectivity index (χ2v) is 6.33. The van der Waals surface area contributed by atoms with Crippen LogP contribution in [0.3, 0.4) is 0 Å². The van der Waals surface area contributed by atoms with Gasteiger partial charge in [-0.3, -0.25) is 4.79 Å². The average Bonchev–Trinajstić information content (AvgIpc) is 3.17. The molecule has 134 valence electrons. The number of hydrogen-bond donors (Lipinski definition) is 1. The quantitative estimate of drug-likeness (QED) is 0.778. The predicted octanol–water partition coefficient (Wildman–Crippen LogP) is 2.06. The van der Waals surface area contributed by atoms with Gasteiger partial charge in [-0.1, -0.05) is 35.1 Å². The number of rotatable bonds is 4. The molecule has 4 rings (SSSR count). The normalized spacial score (nSPS) is 14.1. The Morgan fingerprint density at radius 3 is 2.54 bits per heavy atom. The maximum absolute atomic E-state index is 14.5. The number of H-pyrrole nitrogens is 1. The standard InChI is InChI=1S/C19H18FN3O3/c20-15-10-14-16(11-17(15)22-8-4-5-9-22)21-19(25)23(18(14)24)26-12-13-6-2-1-3-7-13/h1-3,6-7,10-11H,4-5,8-9,12H2,(H,21,25). The summed E-state index contributed by atoms with van der Waals surface area (Å²) in [6, 6.07) is 11.9. The van der Waals surface area contributed by atoms with Gasteiger partial charge in [0, 0.05) is 13.1 Å². The van der Waals surface area contributed by atoms with E-state index >= 15 is 0 Å². The van der Waals surface area contributed by atoms with Crippen molar-refractivity contribution in [3.05, 3.63) is 74.7 Å². The number of anilines is 1. The maximum atomic E-state index is 14.5. The fourth-order valence-electron chi connectivity index (χ4n) is 3.24. The Kier molecular flexibility index (Phi) is 4.20. The van der Waals surface area contributed by atoms with Crippen LogP contribution in [0.15, 0.2) is 52.1 Å². The molecule has 26 heavy (non-hydrogen) atoms. The molecule has 7 heteroatoms.